The topological polar surface area (TPSA) is 137 Å². The normalized spacial score (nSPS) is 15.9. The Balaban J connectivity index is 1.72. The fourth-order valence-corrected chi connectivity index (χ4v) is 3.43. The second kappa shape index (κ2) is 8.66. The first-order valence-corrected chi connectivity index (χ1v) is 9.48. The number of nitrogens with zero attached hydrogens (tertiary/aromatic N) is 2. The smallest absolute Gasteiger partial charge is 0.488 e. The van der Waals surface area contributed by atoms with Crippen molar-refractivity contribution in [2.45, 2.75) is 18.9 Å². The summed E-state index contributed by atoms with van der Waals surface area (Å²) >= 11 is 0. The van der Waals surface area contributed by atoms with Crippen LogP contribution in [0.4, 0.5) is 5.69 Å². The van der Waals surface area contributed by atoms with Crippen LogP contribution >= 0.6 is 0 Å². The maximum Gasteiger partial charge on any atom is 0.488 e. The van der Waals surface area contributed by atoms with Gasteiger partial charge in [-0.2, -0.15) is 0 Å². The average Bonchev–Trinajstić information content (AvgIpc) is 3.27. The van der Waals surface area contributed by atoms with Crippen molar-refractivity contribution in [1.29, 1.82) is 0 Å². The molecule has 154 valence electrons. The number of anilines is 1. The summed E-state index contributed by atoms with van der Waals surface area (Å²) in [6, 6.07) is 10.2. The van der Waals surface area contributed by atoms with Crippen molar-refractivity contribution in [3.8, 4) is 22.8 Å². The molecule has 1 unspecified atom stereocenters. The van der Waals surface area contributed by atoms with E-state index in [4.69, 9.17) is 19.9 Å². The Hall–Kier alpha value is -3.21. The van der Waals surface area contributed by atoms with Gasteiger partial charge in [0.2, 0.25) is 0 Å². The van der Waals surface area contributed by atoms with Crippen LogP contribution < -0.4 is 20.7 Å². The predicted molar refractivity (Wildman–Crippen MR) is 110 cm³/mol. The minimum absolute atomic E-state index is 0.0412. The van der Waals surface area contributed by atoms with E-state index in [1.165, 1.54) is 0 Å². The lowest BCUT2D eigenvalue weighted by Gasteiger charge is -2.16. The maximum absolute atomic E-state index is 10.6. The number of benzene rings is 2. The minimum Gasteiger partial charge on any atom is -0.490 e. The zero-order valence-electron chi connectivity index (χ0n) is 16.0. The summed E-state index contributed by atoms with van der Waals surface area (Å²) in [6.07, 6.45) is 2.00. The van der Waals surface area contributed by atoms with Gasteiger partial charge in [-0.3, -0.25) is 4.79 Å². The molecule has 0 bridgehead atoms. The van der Waals surface area contributed by atoms with Crippen molar-refractivity contribution in [2.24, 2.45) is 0 Å². The van der Waals surface area contributed by atoms with Crippen molar-refractivity contribution in [2.75, 3.05) is 18.9 Å². The first-order valence-electron chi connectivity index (χ1n) is 9.48. The summed E-state index contributed by atoms with van der Waals surface area (Å²) < 4.78 is 16.3. The summed E-state index contributed by atoms with van der Waals surface area (Å²) in [4.78, 5) is 10.6. The van der Waals surface area contributed by atoms with E-state index in [0.29, 0.717) is 34.3 Å². The Morgan fingerprint density at radius 3 is 2.83 bits per heavy atom. The second-order valence-electron chi connectivity index (χ2n) is 6.94. The Kier molecular flexibility index (Phi) is 5.80. The summed E-state index contributed by atoms with van der Waals surface area (Å²) in [5.41, 5.74) is 8.42. The number of hydrogen-bond acceptors (Lipinski definition) is 9. The highest BCUT2D eigenvalue weighted by Gasteiger charge is 2.20. The van der Waals surface area contributed by atoms with Gasteiger partial charge < -0.3 is 30.0 Å². The number of carbonyl (C=O) groups is 1. The Morgan fingerprint density at radius 1 is 1.23 bits per heavy atom. The van der Waals surface area contributed by atoms with Crippen LogP contribution in [0.1, 0.15) is 12.8 Å². The molecule has 3 aromatic rings. The lowest BCUT2D eigenvalue weighted by Crippen LogP contribution is -2.29. The van der Waals surface area contributed by atoms with E-state index in [1.807, 2.05) is 0 Å². The van der Waals surface area contributed by atoms with Gasteiger partial charge in [0, 0.05) is 17.6 Å². The van der Waals surface area contributed by atoms with E-state index < -0.39 is 7.12 Å². The van der Waals surface area contributed by atoms with Gasteiger partial charge in [0.1, 0.15) is 18.0 Å². The number of hydrogen-bond donors (Lipinski definition) is 3. The number of carbonyl (C=O) groups excluding carboxylic acids is 1. The molecular formula is C20H20BN3O6. The maximum atomic E-state index is 10.6. The first-order chi connectivity index (χ1) is 14.6. The molecule has 9 nitrogen and oxygen atoms in total. The third-order valence-corrected chi connectivity index (χ3v) is 4.99. The molecule has 1 aliphatic heterocycles. The largest absolute Gasteiger partial charge is 0.490 e. The second-order valence-corrected chi connectivity index (χ2v) is 6.94. The van der Waals surface area contributed by atoms with Crippen molar-refractivity contribution < 1.29 is 29.1 Å². The van der Waals surface area contributed by atoms with E-state index >= 15 is 0 Å². The lowest BCUT2D eigenvalue weighted by molar-refractivity contribution is -0.120. The molecule has 1 saturated heterocycles. The number of nitrogen functional groups attached to an aromatic ring is 1. The molecule has 2 aromatic carbocycles. The summed E-state index contributed by atoms with van der Waals surface area (Å²) in [5.74, 6) is 0.521. The van der Waals surface area contributed by atoms with E-state index in [0.717, 1.165) is 25.0 Å². The standard InChI is InChI=1S/C20H20BN3O6/c22-19-15-5-3-12(8-17(15)23-24-20(19)30-11-25)16-9-13(21(26)27)4-6-18(16)29-10-14-2-1-7-28-14/h3-6,8-9,11,14,26-27H,1-2,7,10H2,(H2,22,23). The molecule has 1 aliphatic rings. The molecule has 2 heterocycles. The summed E-state index contributed by atoms with van der Waals surface area (Å²) in [6.45, 7) is 1.38. The monoisotopic (exact) mass is 409 g/mol. The van der Waals surface area contributed by atoms with Gasteiger partial charge >= 0.3 is 7.12 Å². The highest BCUT2D eigenvalue weighted by molar-refractivity contribution is 6.58. The molecule has 4 N–H and O–H groups in total. The van der Waals surface area contributed by atoms with Crippen LogP contribution in [0, 0.1) is 0 Å². The van der Waals surface area contributed by atoms with Crippen LogP contribution in [0.5, 0.6) is 11.6 Å². The van der Waals surface area contributed by atoms with Crippen LogP contribution in [-0.4, -0.2) is 53.2 Å². The van der Waals surface area contributed by atoms with Crippen molar-refractivity contribution >= 4 is 35.6 Å². The molecule has 1 aromatic heterocycles. The molecule has 0 amide bonds. The molecule has 1 atom stereocenters. The molecule has 10 heteroatoms. The molecule has 4 rings (SSSR count). The Morgan fingerprint density at radius 2 is 2.10 bits per heavy atom. The lowest BCUT2D eigenvalue weighted by atomic mass is 9.79. The predicted octanol–water partition coefficient (Wildman–Crippen LogP) is 0.652. The molecule has 1 fully saturated rings. The van der Waals surface area contributed by atoms with Crippen molar-refractivity contribution in [3.05, 3.63) is 36.4 Å². The number of aromatic nitrogens is 2. The number of nitrogens with two attached hydrogens (primary N) is 1. The van der Waals surface area contributed by atoms with Gasteiger partial charge in [-0.25, -0.2) is 0 Å². The Labute approximate surface area is 172 Å². The Bertz CT molecular complexity index is 1070. The molecule has 30 heavy (non-hydrogen) atoms. The minimum atomic E-state index is -1.62. The van der Waals surface area contributed by atoms with Gasteiger partial charge in [0.05, 0.1) is 11.6 Å². The van der Waals surface area contributed by atoms with Crippen molar-refractivity contribution in [3.63, 3.8) is 0 Å². The van der Waals surface area contributed by atoms with Crippen molar-refractivity contribution in [1.82, 2.24) is 10.2 Å². The third kappa shape index (κ3) is 4.06. The first kappa shape index (κ1) is 20.1. The molecule has 0 saturated carbocycles. The molecule has 0 aliphatic carbocycles. The molecular weight excluding hydrogens is 389 g/mol. The van der Waals surface area contributed by atoms with Gasteiger partial charge in [0.25, 0.3) is 12.4 Å². The fourth-order valence-electron chi connectivity index (χ4n) is 3.43. The van der Waals surface area contributed by atoms with E-state index in [9.17, 15) is 14.8 Å². The van der Waals surface area contributed by atoms with Gasteiger partial charge in [-0.1, -0.05) is 18.2 Å². The molecule has 0 radical (unpaired) electrons. The highest BCUT2D eigenvalue weighted by Crippen LogP contribution is 2.34. The van der Waals surface area contributed by atoms with E-state index in [2.05, 4.69) is 10.2 Å². The van der Waals surface area contributed by atoms with Gasteiger partial charge in [-0.15, -0.1) is 10.2 Å². The third-order valence-electron chi connectivity index (χ3n) is 4.99. The highest BCUT2D eigenvalue weighted by atomic mass is 16.5. The van der Waals surface area contributed by atoms with Gasteiger partial charge in [-0.05, 0) is 42.1 Å². The zero-order valence-corrected chi connectivity index (χ0v) is 16.0. The fraction of sp³-hybridized carbons (Fsp3) is 0.250. The van der Waals surface area contributed by atoms with Crippen LogP contribution in [0.2, 0.25) is 0 Å². The quantitative estimate of drug-likeness (QED) is 0.379. The number of rotatable bonds is 7. The van der Waals surface area contributed by atoms with Crippen LogP contribution in [0.15, 0.2) is 36.4 Å². The van der Waals surface area contributed by atoms with E-state index in [-0.39, 0.29) is 24.1 Å². The molecule has 0 spiro atoms. The van der Waals surface area contributed by atoms with Crippen LogP contribution in [-0.2, 0) is 9.53 Å². The number of ether oxygens (including phenoxy) is 3. The van der Waals surface area contributed by atoms with Crippen LogP contribution in [0.25, 0.3) is 22.0 Å². The summed E-state index contributed by atoms with van der Waals surface area (Å²) in [7, 11) is -1.62. The number of fused-ring (bicyclic) bond motifs is 1. The average molecular weight is 409 g/mol. The summed E-state index contributed by atoms with van der Waals surface area (Å²) in [5, 5.41) is 27.7. The van der Waals surface area contributed by atoms with E-state index in [1.54, 1.807) is 36.4 Å². The SMILES string of the molecule is Nc1c(OC=O)nnc2cc(-c3cc(B(O)O)ccc3OCC3CCCO3)ccc12. The zero-order chi connectivity index (χ0) is 21.1. The van der Waals surface area contributed by atoms with Crippen LogP contribution in [0.3, 0.4) is 0 Å². The van der Waals surface area contributed by atoms with Gasteiger partial charge in [0.15, 0.2) is 0 Å².